The number of amides is 2. The highest BCUT2D eigenvalue weighted by atomic mass is 35.5. The maximum absolute atomic E-state index is 12.3. The Hall–Kier alpha value is -2.54. The molecule has 0 aliphatic carbocycles. The number of aromatic nitrogens is 1. The van der Waals surface area contributed by atoms with Crippen molar-refractivity contribution in [2.45, 2.75) is 79.2 Å². The highest BCUT2D eigenvalue weighted by molar-refractivity contribution is 6.34. The van der Waals surface area contributed by atoms with E-state index in [2.05, 4.69) is 20.9 Å². The van der Waals surface area contributed by atoms with E-state index in [4.69, 9.17) is 16.3 Å². The van der Waals surface area contributed by atoms with Gasteiger partial charge in [-0.1, -0.05) is 57.0 Å². The molecule has 184 valence electrons. The number of nitrogens with zero attached hydrogens (tertiary/aromatic N) is 1. The number of pyridine rings is 1. The number of alkyl carbamates (subject to hydrolysis) is 1. The minimum Gasteiger partial charge on any atom is -0.444 e. The van der Waals surface area contributed by atoms with Crippen molar-refractivity contribution in [3.63, 3.8) is 0 Å². The Kier molecular flexibility index (Phi) is 12.6. The van der Waals surface area contributed by atoms with Crippen LogP contribution in [0.4, 0.5) is 16.2 Å². The number of fused-ring (bicyclic) bond motifs is 1. The second-order valence-electron chi connectivity index (χ2n) is 8.38. The van der Waals surface area contributed by atoms with Crippen LogP contribution in [0.2, 0.25) is 5.15 Å². The number of anilines is 2. The normalized spacial score (nSPS) is 10.8. The highest BCUT2D eigenvalue weighted by Crippen LogP contribution is 2.36. The monoisotopic (exact) mass is 478 g/mol. The molecule has 0 spiro atoms. The predicted octanol–water partition coefficient (Wildman–Crippen LogP) is 6.76. The molecule has 0 saturated carbocycles. The Morgan fingerprint density at radius 2 is 1.70 bits per heavy atom. The number of halogens is 1. The molecule has 0 aliphatic heterocycles. The first-order valence-electron chi connectivity index (χ1n) is 11.8. The Bertz CT molecular complexity index is 897. The molecule has 2 rings (SSSR count). The molecule has 0 atom stereocenters. The van der Waals surface area contributed by atoms with Gasteiger partial charge >= 0.3 is 6.09 Å². The second-order valence-corrected chi connectivity index (χ2v) is 8.74. The van der Waals surface area contributed by atoms with Gasteiger partial charge in [0.25, 0.3) is 0 Å². The van der Waals surface area contributed by atoms with Gasteiger partial charge in [0.2, 0.25) is 5.91 Å². The van der Waals surface area contributed by atoms with Gasteiger partial charge in [-0.15, -0.1) is 0 Å². The number of carbonyl (C=O) groups is 2. The summed E-state index contributed by atoms with van der Waals surface area (Å²) in [6.45, 7) is 12.7. The molecule has 0 saturated heterocycles. The Morgan fingerprint density at radius 1 is 1.03 bits per heavy atom. The van der Waals surface area contributed by atoms with Crippen LogP contribution in [0.15, 0.2) is 24.3 Å². The van der Waals surface area contributed by atoms with Crippen molar-refractivity contribution in [2.75, 3.05) is 23.7 Å². The van der Waals surface area contributed by atoms with Crippen LogP contribution in [0, 0.1) is 0 Å². The Morgan fingerprint density at radius 3 is 2.36 bits per heavy atom. The van der Waals surface area contributed by atoms with Crippen LogP contribution in [0.1, 0.15) is 73.6 Å². The molecule has 3 N–H and O–H groups in total. The molecule has 1 aromatic carbocycles. The molecule has 0 fully saturated rings. The van der Waals surface area contributed by atoms with Crippen molar-refractivity contribution in [1.29, 1.82) is 0 Å². The van der Waals surface area contributed by atoms with E-state index in [0.29, 0.717) is 25.2 Å². The maximum atomic E-state index is 12.3. The summed E-state index contributed by atoms with van der Waals surface area (Å²) in [6.07, 6.45) is 3.38. The van der Waals surface area contributed by atoms with Gasteiger partial charge < -0.3 is 20.7 Å². The molecule has 7 nitrogen and oxygen atoms in total. The third kappa shape index (κ3) is 10.3. The predicted molar refractivity (Wildman–Crippen MR) is 138 cm³/mol. The van der Waals surface area contributed by atoms with Crippen LogP contribution in [0.5, 0.6) is 0 Å². The van der Waals surface area contributed by atoms with Crippen LogP contribution in [-0.4, -0.2) is 35.7 Å². The van der Waals surface area contributed by atoms with Gasteiger partial charge in [-0.25, -0.2) is 9.78 Å². The van der Waals surface area contributed by atoms with Gasteiger partial charge in [0.05, 0.1) is 11.2 Å². The van der Waals surface area contributed by atoms with E-state index in [1.807, 2.05) is 65.8 Å². The zero-order chi connectivity index (χ0) is 24.9. The lowest BCUT2D eigenvalue weighted by molar-refractivity contribution is -0.116. The number of para-hydroxylation sites is 1. The molecule has 0 aliphatic rings. The number of rotatable bonds is 10. The fourth-order valence-corrected chi connectivity index (χ4v) is 3.22. The van der Waals surface area contributed by atoms with Gasteiger partial charge in [0.1, 0.15) is 11.3 Å². The summed E-state index contributed by atoms with van der Waals surface area (Å²) in [6, 6.07) is 7.67. The van der Waals surface area contributed by atoms with Crippen molar-refractivity contribution in [2.24, 2.45) is 0 Å². The minimum absolute atomic E-state index is 0.0783. The molecule has 1 heterocycles. The molecule has 2 aromatic rings. The average Bonchev–Trinajstić information content (AvgIpc) is 2.76. The fourth-order valence-electron chi connectivity index (χ4n) is 2.99. The topological polar surface area (TPSA) is 92.4 Å². The lowest BCUT2D eigenvalue weighted by Crippen LogP contribution is -2.33. The third-order valence-electron chi connectivity index (χ3n) is 4.44. The summed E-state index contributed by atoms with van der Waals surface area (Å²) in [4.78, 5) is 28.4. The minimum atomic E-state index is -0.509. The summed E-state index contributed by atoms with van der Waals surface area (Å²) in [5, 5.41) is 10.2. The van der Waals surface area contributed by atoms with E-state index in [0.717, 1.165) is 42.3 Å². The van der Waals surface area contributed by atoms with Crippen LogP contribution >= 0.6 is 11.6 Å². The summed E-state index contributed by atoms with van der Waals surface area (Å²) >= 11 is 6.41. The lowest BCUT2D eigenvalue weighted by atomic mass is 10.1. The molecular formula is C25H39ClN4O3. The smallest absolute Gasteiger partial charge is 0.407 e. The van der Waals surface area contributed by atoms with Gasteiger partial charge in [-0.2, -0.15) is 0 Å². The SMILES string of the molecule is CC.CCCCC(=O)Nc1c(Cl)nc2ccccc2c1NCCCCNC(=O)OC(C)(C)C. The zero-order valence-electron chi connectivity index (χ0n) is 20.8. The summed E-state index contributed by atoms with van der Waals surface area (Å²) in [5.41, 5.74) is 1.52. The molecule has 8 heteroatoms. The zero-order valence-corrected chi connectivity index (χ0v) is 21.6. The third-order valence-corrected chi connectivity index (χ3v) is 4.72. The molecular weight excluding hydrogens is 440 g/mol. The number of hydrogen-bond acceptors (Lipinski definition) is 5. The van der Waals surface area contributed by atoms with Gasteiger partial charge in [-0.3, -0.25) is 4.79 Å². The lowest BCUT2D eigenvalue weighted by Gasteiger charge is -2.19. The first-order chi connectivity index (χ1) is 15.7. The number of unbranched alkanes of at least 4 members (excludes halogenated alkanes) is 2. The quantitative estimate of drug-likeness (QED) is 0.259. The van der Waals surface area contributed by atoms with Crippen LogP contribution in [0.25, 0.3) is 10.9 Å². The Labute approximate surface area is 203 Å². The highest BCUT2D eigenvalue weighted by Gasteiger charge is 2.17. The largest absolute Gasteiger partial charge is 0.444 e. The molecule has 0 bridgehead atoms. The summed E-state index contributed by atoms with van der Waals surface area (Å²) in [5.74, 6) is -0.0783. The summed E-state index contributed by atoms with van der Waals surface area (Å²) in [7, 11) is 0. The van der Waals surface area contributed by atoms with E-state index in [1.54, 1.807) is 0 Å². The van der Waals surface area contributed by atoms with Crippen LogP contribution in [0.3, 0.4) is 0 Å². The average molecular weight is 479 g/mol. The van der Waals surface area contributed by atoms with Gasteiger partial charge in [-0.05, 0) is 46.1 Å². The molecule has 0 radical (unpaired) electrons. The molecule has 33 heavy (non-hydrogen) atoms. The molecule has 0 unspecified atom stereocenters. The number of nitrogens with one attached hydrogen (secondary N) is 3. The van der Waals surface area contributed by atoms with E-state index in [-0.39, 0.29) is 11.1 Å². The number of benzene rings is 1. The first-order valence-corrected chi connectivity index (χ1v) is 12.2. The maximum Gasteiger partial charge on any atom is 0.407 e. The van der Waals surface area contributed by atoms with E-state index >= 15 is 0 Å². The van der Waals surface area contributed by atoms with Crippen molar-refractivity contribution in [3.8, 4) is 0 Å². The first kappa shape index (κ1) is 28.5. The van der Waals surface area contributed by atoms with Crippen molar-refractivity contribution in [1.82, 2.24) is 10.3 Å². The van der Waals surface area contributed by atoms with Crippen molar-refractivity contribution in [3.05, 3.63) is 29.4 Å². The van der Waals surface area contributed by atoms with Crippen molar-refractivity contribution < 1.29 is 14.3 Å². The van der Waals surface area contributed by atoms with E-state index in [1.165, 1.54) is 0 Å². The van der Waals surface area contributed by atoms with Crippen molar-refractivity contribution >= 4 is 45.9 Å². The number of ether oxygens (including phenoxy) is 1. The Balaban J connectivity index is 0.00000265. The molecule has 2 amide bonds. The second kappa shape index (κ2) is 14.6. The summed E-state index contributed by atoms with van der Waals surface area (Å²) < 4.78 is 5.23. The fraction of sp³-hybridized carbons (Fsp3) is 0.560. The van der Waals surface area contributed by atoms with Crippen LogP contribution < -0.4 is 16.0 Å². The van der Waals surface area contributed by atoms with Crippen LogP contribution in [-0.2, 0) is 9.53 Å². The van der Waals surface area contributed by atoms with E-state index in [9.17, 15) is 9.59 Å². The van der Waals surface area contributed by atoms with Gasteiger partial charge in [0, 0.05) is 24.9 Å². The van der Waals surface area contributed by atoms with E-state index < -0.39 is 11.7 Å². The number of hydrogen-bond donors (Lipinski definition) is 3. The molecule has 1 aromatic heterocycles. The standard InChI is InChI=1S/C23H33ClN4O3.C2H6/c1-5-6-13-18(29)28-20-19(16-11-7-8-12-17(16)27-21(20)24)25-14-9-10-15-26-22(30)31-23(2,3)4;1-2/h7-8,11-12H,5-6,9-10,13-15H2,1-4H3,(H,25,27)(H,26,30)(H,28,29);1-2H3. The number of carbonyl (C=O) groups excluding carboxylic acids is 2. The van der Waals surface area contributed by atoms with Gasteiger partial charge in [0.15, 0.2) is 5.15 Å².